The third-order valence-corrected chi connectivity index (χ3v) is 2.97. The predicted octanol–water partition coefficient (Wildman–Crippen LogP) is 2.78. The van der Waals surface area contributed by atoms with Crippen molar-refractivity contribution < 1.29 is 18.0 Å². The van der Waals surface area contributed by atoms with Gasteiger partial charge in [-0.1, -0.05) is 5.16 Å². The van der Waals surface area contributed by atoms with Crippen LogP contribution in [0.5, 0.6) is 5.75 Å². The number of rotatable bonds is 6. The summed E-state index contributed by atoms with van der Waals surface area (Å²) in [6.45, 7) is 0.738. The highest BCUT2D eigenvalue weighted by atomic mass is 19.1. The Kier molecular flexibility index (Phi) is 3.64. The van der Waals surface area contributed by atoms with E-state index >= 15 is 0 Å². The molecule has 0 radical (unpaired) electrons. The van der Waals surface area contributed by atoms with Crippen molar-refractivity contribution in [1.29, 1.82) is 0 Å². The van der Waals surface area contributed by atoms with Gasteiger partial charge in [0.25, 0.3) is 0 Å². The number of halogens is 2. The number of hydrogen-bond donors (Lipinski definition) is 1. The average Bonchev–Trinajstić information content (AvgIpc) is 3.12. The second-order valence-electron chi connectivity index (χ2n) is 4.83. The maximum absolute atomic E-state index is 13.0. The van der Waals surface area contributed by atoms with Crippen LogP contribution >= 0.6 is 0 Å². The summed E-state index contributed by atoms with van der Waals surface area (Å²) in [6, 6.07) is 5.40. The van der Waals surface area contributed by atoms with E-state index in [1.165, 1.54) is 12.8 Å². The van der Waals surface area contributed by atoms with E-state index < -0.39 is 11.6 Å². The van der Waals surface area contributed by atoms with E-state index in [2.05, 4.69) is 10.5 Å². The lowest BCUT2D eigenvalue weighted by Gasteiger charge is -2.03. The number of hydrogen-bond acceptors (Lipinski definition) is 4. The zero-order chi connectivity index (χ0) is 13.9. The van der Waals surface area contributed by atoms with Crippen molar-refractivity contribution in [2.45, 2.75) is 32.0 Å². The van der Waals surface area contributed by atoms with Crippen LogP contribution in [0, 0.1) is 11.6 Å². The van der Waals surface area contributed by atoms with Crippen molar-refractivity contribution in [2.24, 2.45) is 0 Å². The molecule has 1 heterocycles. The normalized spacial score (nSPS) is 14.5. The van der Waals surface area contributed by atoms with Crippen LogP contribution in [0.4, 0.5) is 8.78 Å². The Morgan fingerprint density at radius 2 is 1.95 bits per heavy atom. The lowest BCUT2D eigenvalue weighted by Crippen LogP contribution is -2.15. The van der Waals surface area contributed by atoms with Gasteiger partial charge in [-0.3, -0.25) is 0 Å². The third-order valence-electron chi connectivity index (χ3n) is 2.97. The van der Waals surface area contributed by atoms with Gasteiger partial charge in [0.15, 0.2) is 5.76 Å². The molecular formula is C14H14F2N2O2. The number of nitrogens with zero attached hydrogens (tertiary/aromatic N) is 1. The largest absolute Gasteiger partial charge is 0.485 e. The van der Waals surface area contributed by atoms with Crippen LogP contribution in [0.25, 0.3) is 0 Å². The van der Waals surface area contributed by atoms with Crippen LogP contribution < -0.4 is 10.1 Å². The second kappa shape index (κ2) is 5.58. The van der Waals surface area contributed by atoms with Gasteiger partial charge < -0.3 is 14.6 Å². The molecule has 0 atom stereocenters. The zero-order valence-electron chi connectivity index (χ0n) is 10.7. The lowest BCUT2D eigenvalue weighted by molar-refractivity contribution is 0.246. The molecule has 2 aromatic rings. The zero-order valence-corrected chi connectivity index (χ0v) is 10.7. The summed E-state index contributed by atoms with van der Waals surface area (Å²) in [4.78, 5) is 0. The van der Waals surface area contributed by atoms with E-state index in [4.69, 9.17) is 9.26 Å². The van der Waals surface area contributed by atoms with E-state index in [1.54, 1.807) is 6.07 Å². The summed E-state index contributed by atoms with van der Waals surface area (Å²) in [5.41, 5.74) is 0.793. The fourth-order valence-corrected chi connectivity index (χ4v) is 1.81. The van der Waals surface area contributed by atoms with Gasteiger partial charge in [-0.25, -0.2) is 8.78 Å². The molecule has 0 amide bonds. The van der Waals surface area contributed by atoms with Gasteiger partial charge in [-0.05, 0) is 12.8 Å². The van der Waals surface area contributed by atoms with Crippen LogP contribution in [0.2, 0.25) is 0 Å². The molecule has 0 bridgehead atoms. The van der Waals surface area contributed by atoms with Crippen molar-refractivity contribution in [2.75, 3.05) is 0 Å². The van der Waals surface area contributed by atoms with Gasteiger partial charge >= 0.3 is 0 Å². The van der Waals surface area contributed by atoms with Crippen molar-refractivity contribution in [3.63, 3.8) is 0 Å². The number of nitrogens with one attached hydrogen (secondary N) is 1. The Hall–Kier alpha value is -1.95. The summed E-state index contributed by atoms with van der Waals surface area (Å²) < 4.78 is 36.3. The van der Waals surface area contributed by atoms with E-state index in [-0.39, 0.29) is 12.4 Å². The van der Waals surface area contributed by atoms with E-state index in [1.807, 2.05) is 0 Å². The minimum absolute atomic E-state index is 0.0827. The smallest absolute Gasteiger partial charge is 0.174 e. The van der Waals surface area contributed by atoms with Gasteiger partial charge in [-0.15, -0.1) is 0 Å². The number of benzene rings is 1. The molecule has 0 unspecified atom stereocenters. The van der Waals surface area contributed by atoms with Crippen LogP contribution in [0.3, 0.4) is 0 Å². The molecule has 20 heavy (non-hydrogen) atoms. The number of aromatic nitrogens is 1. The average molecular weight is 280 g/mol. The topological polar surface area (TPSA) is 47.3 Å². The first kappa shape index (κ1) is 13.1. The molecule has 1 fully saturated rings. The molecule has 106 valence electrons. The Bertz CT molecular complexity index is 576. The number of ether oxygens (including phenoxy) is 1. The van der Waals surface area contributed by atoms with Crippen LogP contribution in [0.15, 0.2) is 28.8 Å². The van der Waals surface area contributed by atoms with Crippen molar-refractivity contribution in [3.05, 3.63) is 47.4 Å². The fourth-order valence-electron chi connectivity index (χ4n) is 1.81. The Morgan fingerprint density at radius 3 is 2.65 bits per heavy atom. The molecule has 0 saturated heterocycles. The summed E-state index contributed by atoms with van der Waals surface area (Å²) in [5.74, 6) is -0.711. The van der Waals surface area contributed by atoms with Gasteiger partial charge in [0.1, 0.15) is 24.0 Å². The first-order valence-electron chi connectivity index (χ1n) is 6.46. The Labute approximate surface area is 114 Å². The third kappa shape index (κ3) is 3.54. The van der Waals surface area contributed by atoms with Crippen LogP contribution in [-0.4, -0.2) is 11.2 Å². The minimum Gasteiger partial charge on any atom is -0.485 e. The van der Waals surface area contributed by atoms with Crippen molar-refractivity contribution in [3.8, 4) is 5.75 Å². The standard InChI is InChI=1S/C14H14F2N2O2/c15-9-3-10(16)5-13(4-9)19-8-14-6-12(18-20-14)7-17-11-1-2-11/h3-6,11,17H,1-2,7-8H2. The minimum atomic E-state index is -0.674. The molecule has 1 aromatic heterocycles. The molecule has 6 heteroatoms. The monoisotopic (exact) mass is 280 g/mol. The van der Waals surface area contributed by atoms with Crippen molar-refractivity contribution in [1.82, 2.24) is 10.5 Å². The molecule has 1 N–H and O–H groups in total. The highest BCUT2D eigenvalue weighted by molar-refractivity contribution is 5.24. The summed E-state index contributed by atoms with van der Waals surface area (Å²) in [7, 11) is 0. The molecule has 1 saturated carbocycles. The quantitative estimate of drug-likeness (QED) is 0.884. The van der Waals surface area contributed by atoms with E-state index in [0.717, 1.165) is 23.9 Å². The van der Waals surface area contributed by atoms with Gasteiger partial charge in [0.05, 0.1) is 5.69 Å². The van der Waals surface area contributed by atoms with Gasteiger partial charge in [0.2, 0.25) is 0 Å². The van der Waals surface area contributed by atoms with Crippen LogP contribution in [0.1, 0.15) is 24.3 Å². The molecule has 1 aliphatic carbocycles. The molecular weight excluding hydrogens is 266 g/mol. The summed E-state index contributed by atoms with van der Waals surface area (Å²) in [5, 5.41) is 7.21. The lowest BCUT2D eigenvalue weighted by atomic mass is 10.3. The van der Waals surface area contributed by atoms with E-state index in [0.29, 0.717) is 18.3 Å². The van der Waals surface area contributed by atoms with E-state index in [9.17, 15) is 8.78 Å². The molecule has 0 aliphatic heterocycles. The summed E-state index contributed by atoms with van der Waals surface area (Å²) >= 11 is 0. The second-order valence-corrected chi connectivity index (χ2v) is 4.83. The highest BCUT2D eigenvalue weighted by Gasteiger charge is 2.20. The van der Waals surface area contributed by atoms with Gasteiger partial charge in [-0.2, -0.15) is 0 Å². The molecule has 1 aliphatic rings. The maximum Gasteiger partial charge on any atom is 0.174 e. The maximum atomic E-state index is 13.0. The fraction of sp³-hybridized carbons (Fsp3) is 0.357. The SMILES string of the molecule is Fc1cc(F)cc(OCc2cc(CNC3CC3)no2)c1. The predicted molar refractivity (Wildman–Crippen MR) is 67.1 cm³/mol. The van der Waals surface area contributed by atoms with Crippen molar-refractivity contribution >= 4 is 0 Å². The Morgan fingerprint density at radius 1 is 1.20 bits per heavy atom. The Balaban J connectivity index is 1.54. The molecule has 1 aromatic carbocycles. The first-order chi connectivity index (χ1) is 9.69. The molecule has 0 spiro atoms. The van der Waals surface area contributed by atoms with Gasteiger partial charge in [0, 0.05) is 36.9 Å². The summed E-state index contributed by atoms with van der Waals surface area (Å²) in [6.07, 6.45) is 2.41. The van der Waals surface area contributed by atoms with Crippen LogP contribution in [-0.2, 0) is 13.2 Å². The molecule has 3 rings (SSSR count). The highest BCUT2D eigenvalue weighted by Crippen LogP contribution is 2.20. The molecule has 4 nitrogen and oxygen atoms in total. The first-order valence-corrected chi connectivity index (χ1v) is 6.46.